The lowest BCUT2D eigenvalue weighted by atomic mass is 10.0. The number of hydrazine groups is 1. The quantitative estimate of drug-likeness (QED) is 0.429. The molecule has 1 aromatic heterocycles. The van der Waals surface area contributed by atoms with E-state index in [9.17, 15) is 5.11 Å². The third kappa shape index (κ3) is 4.59. The number of nitrogens with zero attached hydrogens (tertiary/aromatic N) is 3. The zero-order chi connectivity index (χ0) is 15.3. The van der Waals surface area contributed by atoms with Crippen LogP contribution >= 0.6 is 0 Å². The number of nitrogens with two attached hydrogens (primary N) is 1. The lowest BCUT2D eigenvalue weighted by Gasteiger charge is -2.28. The molecule has 7 heteroatoms. The minimum absolute atomic E-state index is 0.212. The molecule has 5 N–H and O–H groups in total. The number of likely N-dealkylation sites (N-methyl/N-ethyl adjacent to an activating group) is 1. The topological polar surface area (TPSA) is 99.3 Å². The van der Waals surface area contributed by atoms with E-state index in [4.69, 9.17) is 5.84 Å². The van der Waals surface area contributed by atoms with Gasteiger partial charge in [-0.1, -0.05) is 13.8 Å². The molecule has 0 aromatic carbocycles. The molecule has 20 heavy (non-hydrogen) atoms. The van der Waals surface area contributed by atoms with Gasteiger partial charge in [0, 0.05) is 18.7 Å². The van der Waals surface area contributed by atoms with Gasteiger partial charge < -0.3 is 20.7 Å². The highest BCUT2D eigenvalue weighted by atomic mass is 16.3. The SMILES string of the molecule is CC(C)c1c(NN)ncnc1NCC(C)(O)CN(C)C. The number of aliphatic hydroxyl groups is 1. The Labute approximate surface area is 120 Å². The molecule has 0 fully saturated rings. The molecule has 0 aliphatic rings. The van der Waals surface area contributed by atoms with Crippen LogP contribution in [-0.4, -0.2) is 52.8 Å². The average molecular weight is 282 g/mol. The highest BCUT2D eigenvalue weighted by molar-refractivity contribution is 5.58. The Hall–Kier alpha value is -1.44. The summed E-state index contributed by atoms with van der Waals surface area (Å²) in [5, 5.41) is 13.5. The van der Waals surface area contributed by atoms with Crippen molar-refractivity contribution in [1.82, 2.24) is 14.9 Å². The van der Waals surface area contributed by atoms with Crippen molar-refractivity contribution in [3.63, 3.8) is 0 Å². The van der Waals surface area contributed by atoms with Crippen LogP contribution in [-0.2, 0) is 0 Å². The number of anilines is 2. The van der Waals surface area contributed by atoms with Crippen LogP contribution in [0, 0.1) is 0 Å². The summed E-state index contributed by atoms with van der Waals surface area (Å²) in [6, 6.07) is 0. The Balaban J connectivity index is 2.87. The van der Waals surface area contributed by atoms with E-state index in [-0.39, 0.29) is 5.92 Å². The first-order valence-corrected chi connectivity index (χ1v) is 6.69. The molecule has 0 radical (unpaired) electrons. The zero-order valence-electron chi connectivity index (χ0n) is 12.9. The summed E-state index contributed by atoms with van der Waals surface area (Å²) in [7, 11) is 3.85. The summed E-state index contributed by atoms with van der Waals surface area (Å²) in [6.45, 7) is 6.83. The maximum atomic E-state index is 10.3. The van der Waals surface area contributed by atoms with Crippen molar-refractivity contribution in [2.75, 3.05) is 37.9 Å². The minimum atomic E-state index is -0.848. The predicted octanol–water partition coefficient (Wildman–Crippen LogP) is 0.610. The average Bonchev–Trinajstić information content (AvgIpc) is 2.34. The van der Waals surface area contributed by atoms with Crippen LogP contribution in [0.5, 0.6) is 0 Å². The van der Waals surface area contributed by atoms with Gasteiger partial charge in [-0.2, -0.15) is 0 Å². The molecule has 1 aromatic rings. The van der Waals surface area contributed by atoms with Gasteiger partial charge in [-0.15, -0.1) is 0 Å². The van der Waals surface area contributed by atoms with Crippen molar-refractivity contribution < 1.29 is 5.11 Å². The van der Waals surface area contributed by atoms with Gasteiger partial charge in [-0.3, -0.25) is 0 Å². The summed E-state index contributed by atoms with van der Waals surface area (Å²) < 4.78 is 0. The van der Waals surface area contributed by atoms with E-state index >= 15 is 0 Å². The molecule has 0 aliphatic carbocycles. The second kappa shape index (κ2) is 6.83. The number of hydrogen-bond donors (Lipinski definition) is 4. The molecular weight excluding hydrogens is 256 g/mol. The fraction of sp³-hybridized carbons (Fsp3) is 0.692. The number of nitrogens with one attached hydrogen (secondary N) is 2. The third-order valence-electron chi connectivity index (χ3n) is 2.89. The van der Waals surface area contributed by atoms with Crippen LogP contribution in [0.1, 0.15) is 32.3 Å². The van der Waals surface area contributed by atoms with Crippen LogP contribution in [0.15, 0.2) is 6.33 Å². The van der Waals surface area contributed by atoms with Gasteiger partial charge in [0.05, 0.1) is 5.60 Å². The number of nitrogen functional groups attached to an aromatic ring is 1. The first-order valence-electron chi connectivity index (χ1n) is 6.69. The van der Waals surface area contributed by atoms with E-state index in [1.807, 2.05) is 32.8 Å². The molecule has 0 spiro atoms. The van der Waals surface area contributed by atoms with Crippen LogP contribution in [0.4, 0.5) is 11.6 Å². The van der Waals surface area contributed by atoms with Gasteiger partial charge in [-0.25, -0.2) is 15.8 Å². The molecular formula is C13H26N6O. The summed E-state index contributed by atoms with van der Waals surface area (Å²) >= 11 is 0. The van der Waals surface area contributed by atoms with E-state index in [0.717, 1.165) is 5.56 Å². The fourth-order valence-corrected chi connectivity index (χ4v) is 2.21. The molecule has 7 nitrogen and oxygen atoms in total. The second-order valence-corrected chi connectivity index (χ2v) is 5.87. The number of hydrogen-bond acceptors (Lipinski definition) is 7. The first-order chi connectivity index (χ1) is 9.26. The normalized spacial score (nSPS) is 14.4. The molecule has 1 atom stereocenters. The van der Waals surface area contributed by atoms with E-state index in [1.54, 1.807) is 6.92 Å². The molecule has 0 bridgehead atoms. The van der Waals surface area contributed by atoms with E-state index in [1.165, 1.54) is 6.33 Å². The molecule has 1 heterocycles. The van der Waals surface area contributed by atoms with E-state index in [0.29, 0.717) is 24.7 Å². The Bertz CT molecular complexity index is 433. The molecule has 1 unspecified atom stereocenters. The summed E-state index contributed by atoms with van der Waals surface area (Å²) in [6.07, 6.45) is 1.45. The van der Waals surface area contributed by atoms with Crippen molar-refractivity contribution in [3.05, 3.63) is 11.9 Å². The standard InChI is InChI=1S/C13H26N6O/c1-9(2)10-11(16-8-17-12(10)18-14)15-6-13(3,20)7-19(4)5/h8-9,20H,6-7,14H2,1-5H3,(H2,15,16,17,18). The van der Waals surface area contributed by atoms with Crippen molar-refractivity contribution in [1.29, 1.82) is 0 Å². The molecule has 0 amide bonds. The van der Waals surface area contributed by atoms with Gasteiger partial charge >= 0.3 is 0 Å². The molecule has 0 saturated heterocycles. The Morgan fingerprint density at radius 2 is 1.95 bits per heavy atom. The maximum absolute atomic E-state index is 10.3. The zero-order valence-corrected chi connectivity index (χ0v) is 12.9. The lowest BCUT2D eigenvalue weighted by Crippen LogP contribution is -2.43. The van der Waals surface area contributed by atoms with Gasteiger partial charge in [0.15, 0.2) is 0 Å². The van der Waals surface area contributed by atoms with E-state index < -0.39 is 5.60 Å². The van der Waals surface area contributed by atoms with Crippen LogP contribution in [0.2, 0.25) is 0 Å². The van der Waals surface area contributed by atoms with Gasteiger partial charge in [0.1, 0.15) is 18.0 Å². The Morgan fingerprint density at radius 3 is 2.45 bits per heavy atom. The monoisotopic (exact) mass is 282 g/mol. The molecule has 114 valence electrons. The van der Waals surface area contributed by atoms with Gasteiger partial charge in [-0.05, 0) is 26.9 Å². The molecule has 1 rings (SSSR count). The Morgan fingerprint density at radius 1 is 1.35 bits per heavy atom. The fourth-order valence-electron chi connectivity index (χ4n) is 2.21. The third-order valence-corrected chi connectivity index (χ3v) is 2.89. The van der Waals surface area contributed by atoms with Crippen LogP contribution in [0.25, 0.3) is 0 Å². The summed E-state index contributed by atoms with van der Waals surface area (Å²) in [5.74, 6) is 6.99. The predicted molar refractivity (Wildman–Crippen MR) is 81.6 cm³/mol. The highest BCUT2D eigenvalue weighted by Crippen LogP contribution is 2.27. The van der Waals surface area contributed by atoms with Gasteiger partial charge in [0.2, 0.25) is 0 Å². The summed E-state index contributed by atoms with van der Waals surface area (Å²) in [4.78, 5) is 10.3. The van der Waals surface area contributed by atoms with Crippen molar-refractivity contribution in [2.45, 2.75) is 32.3 Å². The first kappa shape index (κ1) is 16.6. The lowest BCUT2D eigenvalue weighted by molar-refractivity contribution is 0.0459. The molecule has 0 aliphatic heterocycles. The highest BCUT2D eigenvalue weighted by Gasteiger charge is 2.23. The minimum Gasteiger partial charge on any atom is -0.387 e. The second-order valence-electron chi connectivity index (χ2n) is 5.87. The van der Waals surface area contributed by atoms with E-state index in [2.05, 4.69) is 20.7 Å². The Kier molecular flexibility index (Phi) is 5.67. The van der Waals surface area contributed by atoms with Gasteiger partial charge in [0.25, 0.3) is 0 Å². The van der Waals surface area contributed by atoms with Crippen LogP contribution in [0.3, 0.4) is 0 Å². The summed E-state index contributed by atoms with van der Waals surface area (Å²) in [5.41, 5.74) is 2.65. The number of rotatable bonds is 7. The van der Waals surface area contributed by atoms with Crippen molar-refractivity contribution >= 4 is 11.6 Å². The molecule has 0 saturated carbocycles. The number of aromatic nitrogens is 2. The maximum Gasteiger partial charge on any atom is 0.148 e. The van der Waals surface area contributed by atoms with Crippen molar-refractivity contribution in [2.24, 2.45) is 5.84 Å². The largest absolute Gasteiger partial charge is 0.387 e. The van der Waals surface area contributed by atoms with Crippen LogP contribution < -0.4 is 16.6 Å². The van der Waals surface area contributed by atoms with Crippen molar-refractivity contribution in [3.8, 4) is 0 Å². The smallest absolute Gasteiger partial charge is 0.148 e.